The summed E-state index contributed by atoms with van der Waals surface area (Å²) in [5, 5.41) is 7.45. The van der Waals surface area contributed by atoms with Crippen molar-refractivity contribution < 1.29 is 8.81 Å². The molecule has 2 rings (SSSR count). The summed E-state index contributed by atoms with van der Waals surface area (Å²) in [6.45, 7) is 3.88. The van der Waals surface area contributed by atoms with Crippen LogP contribution in [0.25, 0.3) is 0 Å². The third-order valence-electron chi connectivity index (χ3n) is 2.01. The SMILES string of the molecule is CC(C)c1nnc(C2(F)CC2)o1. The molecule has 0 aromatic carbocycles. The Bertz CT molecular complexity index is 291. The minimum atomic E-state index is -1.29. The third-order valence-corrected chi connectivity index (χ3v) is 2.01. The highest BCUT2D eigenvalue weighted by molar-refractivity contribution is 5.07. The molecular formula is C8H11FN2O. The van der Waals surface area contributed by atoms with Gasteiger partial charge in [-0.05, 0) is 12.8 Å². The molecule has 1 heterocycles. The zero-order chi connectivity index (χ0) is 8.77. The van der Waals surface area contributed by atoms with Gasteiger partial charge in [-0.15, -0.1) is 10.2 Å². The highest BCUT2D eigenvalue weighted by Gasteiger charge is 2.50. The van der Waals surface area contributed by atoms with Gasteiger partial charge in [0.25, 0.3) is 5.89 Å². The molecule has 12 heavy (non-hydrogen) atoms. The Labute approximate surface area is 70.0 Å². The summed E-state index contributed by atoms with van der Waals surface area (Å²) in [6.07, 6.45) is 1.04. The second-order valence-corrected chi connectivity index (χ2v) is 3.57. The first-order valence-corrected chi connectivity index (χ1v) is 4.14. The van der Waals surface area contributed by atoms with E-state index in [9.17, 15) is 4.39 Å². The van der Waals surface area contributed by atoms with Crippen molar-refractivity contribution in [3.63, 3.8) is 0 Å². The van der Waals surface area contributed by atoms with Crippen LogP contribution in [0, 0.1) is 0 Å². The molecule has 0 aliphatic heterocycles. The van der Waals surface area contributed by atoms with Crippen LogP contribution >= 0.6 is 0 Å². The van der Waals surface area contributed by atoms with Crippen LogP contribution in [-0.2, 0) is 5.67 Å². The Morgan fingerprint density at radius 3 is 2.50 bits per heavy atom. The number of alkyl halides is 1. The molecule has 0 amide bonds. The van der Waals surface area contributed by atoms with Gasteiger partial charge in [-0.2, -0.15) is 0 Å². The maximum Gasteiger partial charge on any atom is 0.253 e. The van der Waals surface area contributed by atoms with E-state index in [1.807, 2.05) is 13.8 Å². The lowest BCUT2D eigenvalue weighted by Crippen LogP contribution is -1.96. The molecule has 0 N–H and O–H groups in total. The first-order chi connectivity index (χ1) is 5.62. The van der Waals surface area contributed by atoms with Crippen molar-refractivity contribution in [1.82, 2.24) is 10.2 Å². The predicted octanol–water partition coefficient (Wildman–Crippen LogP) is 2.15. The van der Waals surface area contributed by atoms with Crippen LogP contribution in [0.2, 0.25) is 0 Å². The van der Waals surface area contributed by atoms with Gasteiger partial charge < -0.3 is 4.42 Å². The van der Waals surface area contributed by atoms with Crippen molar-refractivity contribution in [2.24, 2.45) is 0 Å². The summed E-state index contributed by atoms with van der Waals surface area (Å²) in [7, 11) is 0. The average molecular weight is 170 g/mol. The lowest BCUT2D eigenvalue weighted by atomic mass is 10.2. The fraction of sp³-hybridized carbons (Fsp3) is 0.750. The number of hydrogen-bond acceptors (Lipinski definition) is 3. The molecule has 1 aromatic rings. The van der Waals surface area contributed by atoms with Crippen LogP contribution in [0.15, 0.2) is 4.42 Å². The average Bonchev–Trinajstić information content (AvgIpc) is 2.61. The van der Waals surface area contributed by atoms with Crippen molar-refractivity contribution in [3.8, 4) is 0 Å². The van der Waals surface area contributed by atoms with Crippen molar-refractivity contribution in [3.05, 3.63) is 11.8 Å². The van der Waals surface area contributed by atoms with E-state index in [1.54, 1.807) is 0 Å². The fourth-order valence-corrected chi connectivity index (χ4v) is 0.973. The molecular weight excluding hydrogens is 159 g/mol. The minimum Gasteiger partial charge on any atom is -0.421 e. The van der Waals surface area contributed by atoms with Gasteiger partial charge in [-0.1, -0.05) is 13.8 Å². The van der Waals surface area contributed by atoms with Crippen LogP contribution in [0.4, 0.5) is 4.39 Å². The predicted molar refractivity (Wildman–Crippen MR) is 40.4 cm³/mol. The van der Waals surface area contributed by atoms with Crippen LogP contribution in [0.5, 0.6) is 0 Å². The lowest BCUT2D eigenvalue weighted by molar-refractivity contribution is 0.244. The molecule has 0 saturated heterocycles. The first-order valence-electron chi connectivity index (χ1n) is 4.14. The van der Waals surface area contributed by atoms with Crippen molar-refractivity contribution in [2.75, 3.05) is 0 Å². The van der Waals surface area contributed by atoms with E-state index >= 15 is 0 Å². The Kier molecular flexibility index (Phi) is 1.46. The summed E-state index contributed by atoms with van der Waals surface area (Å²) < 4.78 is 18.5. The van der Waals surface area contributed by atoms with E-state index in [-0.39, 0.29) is 11.8 Å². The van der Waals surface area contributed by atoms with E-state index in [0.29, 0.717) is 18.7 Å². The summed E-state index contributed by atoms with van der Waals surface area (Å²) in [5.41, 5.74) is -1.29. The molecule has 66 valence electrons. The summed E-state index contributed by atoms with van der Waals surface area (Å²) in [6, 6.07) is 0. The Morgan fingerprint density at radius 1 is 1.42 bits per heavy atom. The summed E-state index contributed by atoms with van der Waals surface area (Å²) in [4.78, 5) is 0. The lowest BCUT2D eigenvalue weighted by Gasteiger charge is -1.96. The molecule has 1 fully saturated rings. The Morgan fingerprint density at radius 2 is 2.08 bits per heavy atom. The number of halogens is 1. The van der Waals surface area contributed by atoms with Gasteiger partial charge in [-0.3, -0.25) is 0 Å². The normalized spacial score (nSPS) is 20.0. The van der Waals surface area contributed by atoms with Gasteiger partial charge in [0.05, 0.1) is 0 Å². The van der Waals surface area contributed by atoms with E-state index in [2.05, 4.69) is 10.2 Å². The second-order valence-electron chi connectivity index (χ2n) is 3.57. The largest absolute Gasteiger partial charge is 0.421 e. The van der Waals surface area contributed by atoms with Gasteiger partial charge in [0.1, 0.15) is 0 Å². The maximum absolute atomic E-state index is 13.3. The van der Waals surface area contributed by atoms with Crippen LogP contribution in [-0.4, -0.2) is 10.2 Å². The molecule has 0 atom stereocenters. The van der Waals surface area contributed by atoms with Crippen LogP contribution in [0.3, 0.4) is 0 Å². The van der Waals surface area contributed by atoms with Gasteiger partial charge in [0.15, 0.2) is 5.67 Å². The Balaban J connectivity index is 2.25. The molecule has 0 radical (unpaired) electrons. The number of rotatable bonds is 2. The molecule has 0 spiro atoms. The van der Waals surface area contributed by atoms with Gasteiger partial charge in [0, 0.05) is 5.92 Å². The van der Waals surface area contributed by atoms with E-state index in [0.717, 1.165) is 0 Å². The standard InChI is InChI=1S/C8H11FN2O/c1-5(2)6-10-11-7(12-6)8(9)3-4-8/h5H,3-4H2,1-2H3. The van der Waals surface area contributed by atoms with Gasteiger partial charge in [0.2, 0.25) is 5.89 Å². The molecule has 3 nitrogen and oxygen atoms in total. The molecule has 1 aliphatic rings. The number of hydrogen-bond donors (Lipinski definition) is 0. The molecule has 4 heteroatoms. The highest BCUT2D eigenvalue weighted by Crippen LogP contribution is 2.48. The quantitative estimate of drug-likeness (QED) is 0.682. The maximum atomic E-state index is 13.3. The molecule has 1 aliphatic carbocycles. The third kappa shape index (κ3) is 1.11. The zero-order valence-electron chi connectivity index (χ0n) is 7.17. The first kappa shape index (κ1) is 7.71. The van der Waals surface area contributed by atoms with E-state index in [4.69, 9.17) is 4.42 Å². The summed E-state index contributed by atoms with van der Waals surface area (Å²) >= 11 is 0. The number of nitrogens with zero attached hydrogens (tertiary/aromatic N) is 2. The van der Waals surface area contributed by atoms with Crippen LogP contribution < -0.4 is 0 Å². The van der Waals surface area contributed by atoms with Crippen LogP contribution in [0.1, 0.15) is 44.4 Å². The highest BCUT2D eigenvalue weighted by atomic mass is 19.1. The van der Waals surface area contributed by atoms with Crippen molar-refractivity contribution in [1.29, 1.82) is 0 Å². The minimum absolute atomic E-state index is 0.159. The van der Waals surface area contributed by atoms with E-state index in [1.165, 1.54) is 0 Å². The van der Waals surface area contributed by atoms with Crippen molar-refractivity contribution >= 4 is 0 Å². The smallest absolute Gasteiger partial charge is 0.253 e. The van der Waals surface area contributed by atoms with Gasteiger partial charge >= 0.3 is 0 Å². The summed E-state index contributed by atoms with van der Waals surface area (Å²) in [5.74, 6) is 0.855. The molecule has 1 saturated carbocycles. The molecule has 0 unspecified atom stereocenters. The zero-order valence-corrected chi connectivity index (χ0v) is 7.17. The fourth-order valence-electron chi connectivity index (χ4n) is 0.973. The molecule has 1 aromatic heterocycles. The topological polar surface area (TPSA) is 38.9 Å². The van der Waals surface area contributed by atoms with Gasteiger partial charge in [-0.25, -0.2) is 4.39 Å². The Hall–Kier alpha value is -0.930. The molecule has 0 bridgehead atoms. The van der Waals surface area contributed by atoms with Crippen molar-refractivity contribution in [2.45, 2.75) is 38.3 Å². The second kappa shape index (κ2) is 2.28. The van der Waals surface area contributed by atoms with E-state index < -0.39 is 5.67 Å². The number of aromatic nitrogens is 2. The monoisotopic (exact) mass is 170 g/mol.